The lowest BCUT2D eigenvalue weighted by Gasteiger charge is -2.25. The van der Waals surface area contributed by atoms with E-state index in [4.69, 9.17) is 0 Å². The number of hydrogen-bond donors (Lipinski definition) is 2. The van der Waals surface area contributed by atoms with E-state index >= 15 is 0 Å². The van der Waals surface area contributed by atoms with Crippen LogP contribution in [0.5, 0.6) is 0 Å². The molecule has 1 amide bonds. The number of carbonyl (C=O) groups excluding carboxylic acids is 1. The van der Waals surface area contributed by atoms with Gasteiger partial charge < -0.3 is 10.4 Å². The maximum atomic E-state index is 12.6. The highest BCUT2D eigenvalue weighted by Gasteiger charge is 2.33. The molecule has 0 saturated heterocycles. The van der Waals surface area contributed by atoms with Crippen LogP contribution < -0.4 is 5.32 Å². The van der Waals surface area contributed by atoms with Gasteiger partial charge in [0.05, 0.1) is 30.1 Å². The maximum absolute atomic E-state index is 12.6. The highest BCUT2D eigenvalue weighted by atomic mass is 16.3. The zero-order valence-electron chi connectivity index (χ0n) is 14.2. The number of hydrogen-bond acceptors (Lipinski definition) is 3. The summed E-state index contributed by atoms with van der Waals surface area (Å²) in [4.78, 5) is 12.6. The van der Waals surface area contributed by atoms with Gasteiger partial charge in [0, 0.05) is 12.5 Å². The molecule has 1 saturated carbocycles. The number of carbonyl (C=O) groups is 1. The molecule has 5 nitrogen and oxygen atoms in total. The number of aryl methyl sites for hydroxylation is 1. The molecule has 1 fully saturated rings. The van der Waals surface area contributed by atoms with E-state index < -0.39 is 0 Å². The lowest BCUT2D eigenvalue weighted by molar-refractivity contribution is 0.0896. The topological polar surface area (TPSA) is 67.2 Å². The second-order valence-corrected chi connectivity index (χ2v) is 7.56. The Hall–Kier alpha value is -1.36. The summed E-state index contributed by atoms with van der Waals surface area (Å²) in [5.41, 5.74) is 1.82. The molecule has 124 valence electrons. The van der Waals surface area contributed by atoms with Gasteiger partial charge in [-0.05, 0) is 31.1 Å². The third kappa shape index (κ3) is 4.32. The Balaban J connectivity index is 2.12. The molecular formula is C17H29N3O2. The first-order valence-electron chi connectivity index (χ1n) is 8.33. The minimum Gasteiger partial charge on any atom is -0.394 e. The SMILES string of the molecule is CCCn1ncc(C(=O)NC(CO)CC(C)(C)C)c1C1CC1. The predicted molar refractivity (Wildman–Crippen MR) is 86.9 cm³/mol. The summed E-state index contributed by atoms with van der Waals surface area (Å²) < 4.78 is 1.98. The molecule has 0 bridgehead atoms. The van der Waals surface area contributed by atoms with Crippen LogP contribution in [-0.4, -0.2) is 33.4 Å². The largest absolute Gasteiger partial charge is 0.394 e. The van der Waals surface area contributed by atoms with Crippen molar-refractivity contribution in [2.75, 3.05) is 6.61 Å². The van der Waals surface area contributed by atoms with Gasteiger partial charge in [-0.1, -0.05) is 27.7 Å². The van der Waals surface area contributed by atoms with Crippen molar-refractivity contribution < 1.29 is 9.90 Å². The van der Waals surface area contributed by atoms with E-state index in [1.165, 1.54) is 0 Å². The molecular weight excluding hydrogens is 278 g/mol. The Morgan fingerprint density at radius 1 is 1.50 bits per heavy atom. The van der Waals surface area contributed by atoms with Crippen LogP contribution in [-0.2, 0) is 6.54 Å². The Labute approximate surface area is 133 Å². The van der Waals surface area contributed by atoms with Crippen LogP contribution in [0.2, 0.25) is 0 Å². The molecule has 1 aromatic heterocycles. The molecule has 1 aliphatic rings. The third-order valence-corrected chi connectivity index (χ3v) is 3.94. The van der Waals surface area contributed by atoms with Crippen LogP contribution in [0.25, 0.3) is 0 Å². The van der Waals surface area contributed by atoms with Gasteiger partial charge in [-0.2, -0.15) is 5.10 Å². The molecule has 2 N–H and O–H groups in total. The maximum Gasteiger partial charge on any atom is 0.255 e. The standard InChI is InChI=1S/C17H29N3O2/c1-5-8-20-15(12-6-7-12)14(10-18-20)16(22)19-13(11-21)9-17(2,3)4/h10,12-13,21H,5-9,11H2,1-4H3,(H,19,22). The Morgan fingerprint density at radius 3 is 2.68 bits per heavy atom. The second kappa shape index (κ2) is 6.82. The lowest BCUT2D eigenvalue weighted by atomic mass is 9.88. The van der Waals surface area contributed by atoms with Gasteiger partial charge in [0.25, 0.3) is 5.91 Å². The average Bonchev–Trinajstić information content (AvgIpc) is 3.18. The van der Waals surface area contributed by atoms with E-state index in [9.17, 15) is 9.90 Å². The van der Waals surface area contributed by atoms with Crippen molar-refractivity contribution in [3.05, 3.63) is 17.5 Å². The van der Waals surface area contributed by atoms with Crippen LogP contribution in [0, 0.1) is 5.41 Å². The molecule has 5 heteroatoms. The van der Waals surface area contributed by atoms with Crippen LogP contribution in [0.3, 0.4) is 0 Å². The summed E-state index contributed by atoms with van der Waals surface area (Å²) in [5, 5.41) is 16.9. The van der Waals surface area contributed by atoms with Crippen molar-refractivity contribution in [3.63, 3.8) is 0 Å². The Morgan fingerprint density at radius 2 is 2.18 bits per heavy atom. The molecule has 0 spiro atoms. The van der Waals surface area contributed by atoms with E-state index in [1.807, 2.05) is 4.68 Å². The highest BCUT2D eigenvalue weighted by Crippen LogP contribution is 2.41. The van der Waals surface area contributed by atoms with Crippen molar-refractivity contribution in [1.82, 2.24) is 15.1 Å². The summed E-state index contributed by atoms with van der Waals surface area (Å²) in [6, 6.07) is -0.214. The molecule has 0 aromatic carbocycles. The first-order chi connectivity index (χ1) is 10.4. The fraction of sp³-hybridized carbons (Fsp3) is 0.765. The van der Waals surface area contributed by atoms with E-state index in [2.05, 4.69) is 38.1 Å². The summed E-state index contributed by atoms with van der Waals surface area (Å²) in [7, 11) is 0. The number of amides is 1. The minimum atomic E-state index is -0.214. The minimum absolute atomic E-state index is 0.0368. The number of aliphatic hydroxyl groups is 1. The second-order valence-electron chi connectivity index (χ2n) is 7.56. The smallest absolute Gasteiger partial charge is 0.255 e. The van der Waals surface area contributed by atoms with Gasteiger partial charge in [0.1, 0.15) is 0 Å². The van der Waals surface area contributed by atoms with Gasteiger partial charge in [-0.25, -0.2) is 0 Å². The predicted octanol–water partition coefficient (Wildman–Crippen LogP) is 2.70. The van der Waals surface area contributed by atoms with Crippen LogP contribution in [0.1, 0.15) is 75.3 Å². The van der Waals surface area contributed by atoms with E-state index in [1.54, 1.807) is 6.20 Å². The molecule has 22 heavy (non-hydrogen) atoms. The average molecular weight is 307 g/mol. The van der Waals surface area contributed by atoms with Crippen molar-refractivity contribution in [2.45, 2.75) is 71.9 Å². The van der Waals surface area contributed by atoms with Crippen molar-refractivity contribution in [1.29, 1.82) is 0 Å². The number of rotatable bonds is 7. The number of aromatic nitrogens is 2. The summed E-state index contributed by atoms with van der Waals surface area (Å²) in [5.74, 6) is 0.373. The molecule has 1 aromatic rings. The zero-order valence-corrected chi connectivity index (χ0v) is 14.2. The molecule has 1 unspecified atom stereocenters. The summed E-state index contributed by atoms with van der Waals surface area (Å²) in [6.45, 7) is 9.25. The van der Waals surface area contributed by atoms with Gasteiger partial charge >= 0.3 is 0 Å². The quantitative estimate of drug-likeness (QED) is 0.814. The number of nitrogens with zero attached hydrogens (tertiary/aromatic N) is 2. The van der Waals surface area contributed by atoms with Crippen LogP contribution >= 0.6 is 0 Å². The van der Waals surface area contributed by atoms with Crippen LogP contribution in [0.4, 0.5) is 0 Å². The summed E-state index contributed by atoms with van der Waals surface area (Å²) >= 11 is 0. The van der Waals surface area contributed by atoms with E-state index in [-0.39, 0.29) is 24.0 Å². The molecule has 0 aliphatic heterocycles. The molecule has 1 heterocycles. The lowest BCUT2D eigenvalue weighted by Crippen LogP contribution is -2.40. The number of aliphatic hydroxyl groups excluding tert-OH is 1. The first kappa shape index (κ1) is 17.0. The summed E-state index contributed by atoms with van der Waals surface area (Å²) in [6.07, 6.45) is 5.72. The van der Waals surface area contributed by atoms with Crippen LogP contribution in [0.15, 0.2) is 6.20 Å². The molecule has 1 atom stereocenters. The van der Waals surface area contributed by atoms with Gasteiger partial charge in [0.2, 0.25) is 0 Å². The van der Waals surface area contributed by atoms with Crippen molar-refractivity contribution in [2.24, 2.45) is 5.41 Å². The van der Waals surface area contributed by atoms with Gasteiger partial charge in [-0.15, -0.1) is 0 Å². The number of nitrogens with one attached hydrogen (secondary N) is 1. The third-order valence-electron chi connectivity index (χ3n) is 3.94. The van der Waals surface area contributed by atoms with E-state index in [0.29, 0.717) is 11.5 Å². The molecule has 0 radical (unpaired) electrons. The Bertz CT molecular complexity index is 512. The normalized spacial score (nSPS) is 16.6. The first-order valence-corrected chi connectivity index (χ1v) is 8.33. The Kier molecular flexibility index (Phi) is 5.27. The fourth-order valence-corrected chi connectivity index (χ4v) is 2.91. The zero-order chi connectivity index (χ0) is 16.3. The highest BCUT2D eigenvalue weighted by molar-refractivity contribution is 5.95. The van der Waals surface area contributed by atoms with Gasteiger partial charge in [-0.3, -0.25) is 9.48 Å². The monoisotopic (exact) mass is 307 g/mol. The van der Waals surface area contributed by atoms with Gasteiger partial charge in [0.15, 0.2) is 0 Å². The molecule has 1 aliphatic carbocycles. The van der Waals surface area contributed by atoms with Crippen molar-refractivity contribution >= 4 is 5.91 Å². The molecule has 2 rings (SSSR count). The fourth-order valence-electron chi connectivity index (χ4n) is 2.91. The van der Waals surface area contributed by atoms with E-state index in [0.717, 1.165) is 37.9 Å². The van der Waals surface area contributed by atoms with Crippen molar-refractivity contribution in [3.8, 4) is 0 Å².